The molecule has 2 aromatic rings. The predicted octanol–water partition coefficient (Wildman–Crippen LogP) is 3.95. The Morgan fingerprint density at radius 1 is 1.28 bits per heavy atom. The van der Waals surface area contributed by atoms with Gasteiger partial charge in [-0.1, -0.05) is 20.8 Å². The van der Waals surface area contributed by atoms with Gasteiger partial charge in [-0.3, -0.25) is 14.8 Å². The molecule has 3 heterocycles. The van der Waals surface area contributed by atoms with Crippen LogP contribution in [0.15, 0.2) is 18.6 Å². The second kappa shape index (κ2) is 5.59. The van der Waals surface area contributed by atoms with Gasteiger partial charge in [0.05, 0.1) is 11.9 Å². The van der Waals surface area contributed by atoms with Crippen LogP contribution in [0.4, 0.5) is 0 Å². The minimum atomic E-state index is 0.136. The third-order valence-electron chi connectivity index (χ3n) is 5.45. The lowest BCUT2D eigenvalue weighted by Crippen LogP contribution is -2.37. The van der Waals surface area contributed by atoms with Crippen molar-refractivity contribution in [3.8, 4) is 10.7 Å². The van der Waals surface area contributed by atoms with E-state index in [2.05, 4.69) is 40.6 Å². The fraction of sp³-hybridized carbons (Fsp3) is 0.579. The third kappa shape index (κ3) is 2.97. The summed E-state index contributed by atoms with van der Waals surface area (Å²) in [5.74, 6) is 0.136. The summed E-state index contributed by atoms with van der Waals surface area (Å²) in [4.78, 5) is 29.1. The van der Waals surface area contributed by atoms with Gasteiger partial charge in [-0.05, 0) is 37.0 Å². The number of carbonyl (C=O) groups is 1. The van der Waals surface area contributed by atoms with E-state index in [1.54, 1.807) is 18.6 Å². The van der Waals surface area contributed by atoms with Crippen LogP contribution in [-0.2, 0) is 0 Å². The Bertz CT molecular complexity index is 816. The Hall–Kier alpha value is -1.82. The van der Waals surface area contributed by atoms with E-state index in [-0.39, 0.29) is 11.3 Å². The number of nitrogens with zero attached hydrogens (tertiary/aromatic N) is 4. The molecule has 0 radical (unpaired) electrons. The van der Waals surface area contributed by atoms with Gasteiger partial charge in [0.15, 0.2) is 0 Å². The summed E-state index contributed by atoms with van der Waals surface area (Å²) >= 11 is 1.44. The standard InChI is InChI=1S/C19H24N4OS/c1-12-15(25-16(22-12)14-9-20-5-6-21-14)17(24)23-11-19(4)8-13(23)7-18(2,3)10-19/h5-6,9,13H,7-8,10-11H2,1-4H3. The first-order valence-corrected chi connectivity index (χ1v) is 9.63. The molecule has 5 nitrogen and oxygen atoms in total. The van der Waals surface area contributed by atoms with Gasteiger partial charge < -0.3 is 4.90 Å². The quantitative estimate of drug-likeness (QED) is 0.817. The van der Waals surface area contributed by atoms with E-state index in [1.165, 1.54) is 17.8 Å². The van der Waals surface area contributed by atoms with Gasteiger partial charge in [0.1, 0.15) is 15.6 Å². The smallest absolute Gasteiger partial charge is 0.266 e. The monoisotopic (exact) mass is 356 g/mol. The number of aromatic nitrogens is 3. The molecule has 1 saturated heterocycles. The molecule has 2 bridgehead atoms. The number of carbonyl (C=O) groups excluding carboxylic acids is 1. The van der Waals surface area contributed by atoms with Crippen LogP contribution in [-0.4, -0.2) is 38.3 Å². The highest BCUT2D eigenvalue weighted by Gasteiger charge is 2.51. The van der Waals surface area contributed by atoms with Crippen LogP contribution in [0.25, 0.3) is 10.7 Å². The third-order valence-corrected chi connectivity index (χ3v) is 6.62. The van der Waals surface area contributed by atoms with Crippen LogP contribution in [0.1, 0.15) is 55.4 Å². The SMILES string of the molecule is Cc1nc(-c2cnccn2)sc1C(=O)N1CC2(C)CC1CC(C)(C)C2. The van der Waals surface area contributed by atoms with Gasteiger partial charge in [-0.2, -0.15) is 0 Å². The zero-order chi connectivity index (χ0) is 17.8. The van der Waals surface area contributed by atoms with Crippen LogP contribution in [0.5, 0.6) is 0 Å². The number of rotatable bonds is 2. The number of hydrogen-bond donors (Lipinski definition) is 0. The summed E-state index contributed by atoms with van der Waals surface area (Å²) in [6, 6.07) is 0.350. The molecule has 1 aliphatic carbocycles. The van der Waals surface area contributed by atoms with E-state index in [9.17, 15) is 4.79 Å². The average Bonchev–Trinajstić information content (AvgIpc) is 3.04. The van der Waals surface area contributed by atoms with Crippen molar-refractivity contribution in [3.05, 3.63) is 29.2 Å². The summed E-state index contributed by atoms with van der Waals surface area (Å²) in [6.07, 6.45) is 8.38. The first kappa shape index (κ1) is 16.6. The first-order chi connectivity index (χ1) is 11.8. The Kier molecular flexibility index (Phi) is 3.72. The molecule has 2 atom stereocenters. The highest BCUT2D eigenvalue weighted by molar-refractivity contribution is 7.17. The molecule has 2 aliphatic rings. The van der Waals surface area contributed by atoms with Gasteiger partial charge in [0, 0.05) is 25.0 Å². The molecule has 1 aliphatic heterocycles. The fourth-order valence-corrected chi connectivity index (χ4v) is 5.93. The van der Waals surface area contributed by atoms with Gasteiger partial charge in [0.2, 0.25) is 0 Å². The highest BCUT2D eigenvalue weighted by Crippen LogP contribution is 2.52. The van der Waals surface area contributed by atoms with E-state index in [0.717, 1.165) is 40.7 Å². The van der Waals surface area contributed by atoms with Crippen molar-refractivity contribution in [2.45, 2.75) is 53.0 Å². The second-order valence-corrected chi connectivity index (χ2v) is 9.67. The molecular weight excluding hydrogens is 332 g/mol. The van der Waals surface area contributed by atoms with E-state index < -0.39 is 0 Å². The molecule has 2 aromatic heterocycles. The van der Waals surface area contributed by atoms with E-state index in [1.807, 2.05) is 6.92 Å². The molecular formula is C19H24N4OS. The first-order valence-electron chi connectivity index (χ1n) is 8.81. The van der Waals surface area contributed by atoms with Crippen molar-refractivity contribution in [2.24, 2.45) is 10.8 Å². The van der Waals surface area contributed by atoms with Gasteiger partial charge in [-0.15, -0.1) is 11.3 Å². The van der Waals surface area contributed by atoms with Crippen molar-refractivity contribution in [1.82, 2.24) is 19.9 Å². The van der Waals surface area contributed by atoms with Crippen molar-refractivity contribution in [1.29, 1.82) is 0 Å². The topological polar surface area (TPSA) is 59.0 Å². The maximum Gasteiger partial charge on any atom is 0.266 e. The second-order valence-electron chi connectivity index (χ2n) is 8.67. The number of aryl methyl sites for hydroxylation is 1. The predicted molar refractivity (Wildman–Crippen MR) is 98.4 cm³/mol. The number of hydrogen-bond acceptors (Lipinski definition) is 5. The lowest BCUT2D eigenvalue weighted by atomic mass is 9.65. The normalized spacial score (nSPS) is 27.5. The van der Waals surface area contributed by atoms with Crippen molar-refractivity contribution < 1.29 is 4.79 Å². The molecule has 0 N–H and O–H groups in total. The Balaban J connectivity index is 1.63. The van der Waals surface area contributed by atoms with Crippen molar-refractivity contribution in [2.75, 3.05) is 6.54 Å². The molecule has 1 amide bonds. The number of likely N-dealkylation sites (tertiary alicyclic amines) is 1. The molecule has 0 aromatic carbocycles. The lowest BCUT2D eigenvalue weighted by molar-refractivity contribution is 0.0712. The zero-order valence-corrected chi connectivity index (χ0v) is 16.1. The molecule has 0 spiro atoms. The van der Waals surface area contributed by atoms with E-state index >= 15 is 0 Å². The molecule has 1 saturated carbocycles. The number of fused-ring (bicyclic) bond motifs is 2. The van der Waals surface area contributed by atoms with E-state index in [4.69, 9.17) is 0 Å². The molecule has 6 heteroatoms. The summed E-state index contributed by atoms with van der Waals surface area (Å²) in [7, 11) is 0. The molecule has 132 valence electrons. The maximum atomic E-state index is 13.3. The largest absolute Gasteiger partial charge is 0.334 e. The average molecular weight is 356 g/mol. The summed E-state index contributed by atoms with van der Waals surface area (Å²) in [6.45, 7) is 9.76. The van der Waals surface area contributed by atoms with Crippen molar-refractivity contribution in [3.63, 3.8) is 0 Å². The van der Waals surface area contributed by atoms with Crippen LogP contribution < -0.4 is 0 Å². The summed E-state index contributed by atoms with van der Waals surface area (Å²) in [5, 5.41) is 0.766. The van der Waals surface area contributed by atoms with Gasteiger partial charge in [-0.25, -0.2) is 4.98 Å². The zero-order valence-electron chi connectivity index (χ0n) is 15.2. The van der Waals surface area contributed by atoms with Crippen LogP contribution in [0.2, 0.25) is 0 Å². The Labute approximate surface area is 152 Å². The van der Waals surface area contributed by atoms with Gasteiger partial charge >= 0.3 is 0 Å². The van der Waals surface area contributed by atoms with Crippen LogP contribution in [0, 0.1) is 17.8 Å². The van der Waals surface area contributed by atoms with Gasteiger partial charge in [0.25, 0.3) is 5.91 Å². The fourth-order valence-electron chi connectivity index (χ4n) is 4.94. The summed E-state index contributed by atoms with van der Waals surface area (Å²) < 4.78 is 0. The van der Waals surface area contributed by atoms with Crippen LogP contribution >= 0.6 is 11.3 Å². The molecule has 4 rings (SSSR count). The van der Waals surface area contributed by atoms with E-state index in [0.29, 0.717) is 11.5 Å². The Morgan fingerprint density at radius 2 is 2.08 bits per heavy atom. The number of amides is 1. The molecule has 25 heavy (non-hydrogen) atoms. The molecule has 2 unspecified atom stereocenters. The number of thiazole rings is 1. The van der Waals surface area contributed by atoms with Crippen LogP contribution in [0.3, 0.4) is 0 Å². The lowest BCUT2D eigenvalue weighted by Gasteiger charge is -2.39. The Morgan fingerprint density at radius 3 is 2.80 bits per heavy atom. The highest BCUT2D eigenvalue weighted by atomic mass is 32.1. The summed E-state index contributed by atoms with van der Waals surface area (Å²) in [5.41, 5.74) is 2.07. The minimum absolute atomic E-state index is 0.136. The minimum Gasteiger partial charge on any atom is -0.334 e. The maximum absolute atomic E-state index is 13.3. The van der Waals surface area contributed by atoms with Crippen molar-refractivity contribution >= 4 is 17.2 Å². The molecule has 2 fully saturated rings.